The first kappa shape index (κ1) is 23.1. The largest absolute Gasteiger partial charge is 0.494 e. The summed E-state index contributed by atoms with van der Waals surface area (Å²) in [5, 5.41) is 6.65. The molecule has 0 unspecified atom stereocenters. The molecule has 5 nitrogen and oxygen atoms in total. The lowest BCUT2D eigenvalue weighted by Gasteiger charge is -2.15. The van der Waals surface area contributed by atoms with E-state index in [1.165, 1.54) is 5.56 Å². The van der Waals surface area contributed by atoms with Crippen LogP contribution < -0.4 is 20.1 Å². The van der Waals surface area contributed by atoms with Gasteiger partial charge in [0, 0.05) is 25.7 Å². The van der Waals surface area contributed by atoms with E-state index < -0.39 is 0 Å². The number of benzene rings is 2. The summed E-state index contributed by atoms with van der Waals surface area (Å²) in [5.74, 6) is 2.54. The normalized spacial score (nSPS) is 10.9. The lowest BCUT2D eigenvalue weighted by molar-refractivity contribution is 0.242. The number of ether oxygens (including phenoxy) is 2. The summed E-state index contributed by atoms with van der Waals surface area (Å²) >= 11 is 0. The molecule has 148 valence electrons. The predicted molar refractivity (Wildman–Crippen MR) is 122 cm³/mol. The minimum atomic E-state index is 0. The van der Waals surface area contributed by atoms with Crippen LogP contribution in [0.25, 0.3) is 0 Å². The Bertz CT molecular complexity index is 703. The number of rotatable bonds is 8. The Hall–Kier alpha value is -1.96. The van der Waals surface area contributed by atoms with Crippen molar-refractivity contribution >= 4 is 29.9 Å². The van der Waals surface area contributed by atoms with Crippen LogP contribution in [0.4, 0.5) is 0 Å². The van der Waals surface area contributed by atoms with Gasteiger partial charge in [0.05, 0.1) is 12.7 Å². The SMILES string of the molecule is CCOc1ccccc1CNC(=NC)NCc1ccc(OC(C)C)cc1.I. The molecule has 0 heterocycles. The van der Waals surface area contributed by atoms with E-state index in [0.29, 0.717) is 19.7 Å². The van der Waals surface area contributed by atoms with Crippen LogP contribution in [0.2, 0.25) is 0 Å². The van der Waals surface area contributed by atoms with Crippen LogP contribution in [0.1, 0.15) is 31.9 Å². The lowest BCUT2D eigenvalue weighted by Crippen LogP contribution is -2.36. The van der Waals surface area contributed by atoms with E-state index in [0.717, 1.165) is 23.0 Å². The first-order valence-corrected chi connectivity index (χ1v) is 9.03. The number of hydrogen-bond donors (Lipinski definition) is 2. The van der Waals surface area contributed by atoms with Gasteiger partial charge in [-0.2, -0.15) is 0 Å². The summed E-state index contributed by atoms with van der Waals surface area (Å²) in [5.41, 5.74) is 2.27. The second-order valence-corrected chi connectivity index (χ2v) is 6.13. The number of halogens is 1. The molecular formula is C21H30IN3O2. The monoisotopic (exact) mass is 483 g/mol. The second kappa shape index (κ2) is 12.4. The van der Waals surface area contributed by atoms with Crippen LogP contribution in [-0.4, -0.2) is 25.7 Å². The van der Waals surface area contributed by atoms with Crippen LogP contribution >= 0.6 is 24.0 Å². The van der Waals surface area contributed by atoms with Gasteiger partial charge in [-0.15, -0.1) is 24.0 Å². The zero-order valence-electron chi connectivity index (χ0n) is 16.5. The molecule has 2 rings (SSSR count). The maximum absolute atomic E-state index is 5.67. The van der Waals surface area contributed by atoms with Crippen molar-refractivity contribution in [3.63, 3.8) is 0 Å². The minimum Gasteiger partial charge on any atom is -0.494 e. The molecule has 0 bridgehead atoms. The fourth-order valence-electron chi connectivity index (χ4n) is 2.49. The first-order valence-electron chi connectivity index (χ1n) is 9.03. The second-order valence-electron chi connectivity index (χ2n) is 6.13. The highest BCUT2D eigenvalue weighted by Crippen LogP contribution is 2.17. The average Bonchev–Trinajstić information content (AvgIpc) is 2.64. The Morgan fingerprint density at radius 2 is 1.67 bits per heavy atom. The van der Waals surface area contributed by atoms with Crippen molar-refractivity contribution in [1.29, 1.82) is 0 Å². The standard InChI is InChI=1S/C21H29N3O2.HI/c1-5-25-20-9-7-6-8-18(20)15-24-21(22-4)23-14-17-10-12-19(13-11-17)26-16(2)3;/h6-13,16H,5,14-15H2,1-4H3,(H2,22,23,24);1H. The Labute approximate surface area is 179 Å². The zero-order valence-corrected chi connectivity index (χ0v) is 18.8. The molecule has 0 aliphatic rings. The van der Waals surface area contributed by atoms with Crippen LogP contribution in [-0.2, 0) is 13.1 Å². The van der Waals surface area contributed by atoms with Gasteiger partial charge in [-0.05, 0) is 44.5 Å². The molecule has 0 radical (unpaired) electrons. The van der Waals surface area contributed by atoms with Gasteiger partial charge in [0.25, 0.3) is 0 Å². The summed E-state index contributed by atoms with van der Waals surface area (Å²) in [7, 11) is 1.77. The quantitative estimate of drug-likeness (QED) is 0.333. The third-order valence-electron chi connectivity index (χ3n) is 3.70. The van der Waals surface area contributed by atoms with Crippen LogP contribution in [0.5, 0.6) is 11.5 Å². The summed E-state index contributed by atoms with van der Waals surface area (Å²) in [6, 6.07) is 16.1. The summed E-state index contributed by atoms with van der Waals surface area (Å²) in [6.07, 6.45) is 0.182. The highest BCUT2D eigenvalue weighted by Gasteiger charge is 2.04. The van der Waals surface area contributed by atoms with E-state index >= 15 is 0 Å². The highest BCUT2D eigenvalue weighted by atomic mass is 127. The van der Waals surface area contributed by atoms with Crippen molar-refractivity contribution in [3.05, 3.63) is 59.7 Å². The molecule has 27 heavy (non-hydrogen) atoms. The smallest absolute Gasteiger partial charge is 0.191 e. The third kappa shape index (κ3) is 8.07. The molecule has 0 atom stereocenters. The number of aliphatic imine (C=N–C) groups is 1. The molecule has 6 heteroatoms. The van der Waals surface area contributed by atoms with E-state index in [1.54, 1.807) is 7.05 Å². The number of guanidine groups is 1. The lowest BCUT2D eigenvalue weighted by atomic mass is 10.2. The molecule has 2 aromatic carbocycles. The van der Waals surface area contributed by atoms with Gasteiger partial charge in [-0.3, -0.25) is 4.99 Å². The van der Waals surface area contributed by atoms with Crippen LogP contribution in [0.15, 0.2) is 53.5 Å². The van der Waals surface area contributed by atoms with Crippen molar-refractivity contribution < 1.29 is 9.47 Å². The van der Waals surface area contributed by atoms with Crippen molar-refractivity contribution in [2.75, 3.05) is 13.7 Å². The van der Waals surface area contributed by atoms with Crippen molar-refractivity contribution in [2.45, 2.75) is 40.0 Å². The molecule has 2 aromatic rings. The third-order valence-corrected chi connectivity index (χ3v) is 3.70. The molecule has 0 spiro atoms. The summed E-state index contributed by atoms with van der Waals surface area (Å²) in [4.78, 5) is 4.28. The average molecular weight is 483 g/mol. The van der Waals surface area contributed by atoms with Crippen molar-refractivity contribution in [3.8, 4) is 11.5 Å². The number of nitrogens with one attached hydrogen (secondary N) is 2. The Balaban J connectivity index is 0.00000364. The van der Waals surface area contributed by atoms with Gasteiger partial charge in [-0.1, -0.05) is 30.3 Å². The van der Waals surface area contributed by atoms with Gasteiger partial charge >= 0.3 is 0 Å². The number of nitrogens with zero attached hydrogens (tertiary/aromatic N) is 1. The van der Waals surface area contributed by atoms with E-state index in [2.05, 4.69) is 33.8 Å². The summed E-state index contributed by atoms with van der Waals surface area (Å²) < 4.78 is 11.3. The van der Waals surface area contributed by atoms with Crippen molar-refractivity contribution in [1.82, 2.24) is 10.6 Å². The van der Waals surface area contributed by atoms with Gasteiger partial charge < -0.3 is 20.1 Å². The van der Waals surface area contributed by atoms with E-state index in [-0.39, 0.29) is 30.1 Å². The molecular weight excluding hydrogens is 453 g/mol. The molecule has 0 saturated heterocycles. The topological polar surface area (TPSA) is 54.9 Å². The van der Waals surface area contributed by atoms with E-state index in [1.807, 2.05) is 51.1 Å². The zero-order chi connectivity index (χ0) is 18.8. The van der Waals surface area contributed by atoms with Crippen molar-refractivity contribution in [2.24, 2.45) is 4.99 Å². The predicted octanol–water partition coefficient (Wildman–Crippen LogP) is 4.36. The fourth-order valence-corrected chi connectivity index (χ4v) is 2.49. The van der Waals surface area contributed by atoms with Crippen LogP contribution in [0, 0.1) is 0 Å². The number of hydrogen-bond acceptors (Lipinski definition) is 3. The molecule has 0 aromatic heterocycles. The van der Waals surface area contributed by atoms with Gasteiger partial charge in [0.15, 0.2) is 5.96 Å². The maximum Gasteiger partial charge on any atom is 0.191 e. The molecule has 2 N–H and O–H groups in total. The summed E-state index contributed by atoms with van der Waals surface area (Å²) in [6.45, 7) is 8.03. The Kier molecular flexibility index (Phi) is 10.6. The van der Waals surface area contributed by atoms with Gasteiger partial charge in [0.2, 0.25) is 0 Å². The molecule has 0 saturated carbocycles. The molecule has 0 amide bonds. The molecule has 0 aliphatic carbocycles. The van der Waals surface area contributed by atoms with E-state index in [9.17, 15) is 0 Å². The van der Waals surface area contributed by atoms with Gasteiger partial charge in [-0.25, -0.2) is 0 Å². The first-order chi connectivity index (χ1) is 12.6. The Morgan fingerprint density at radius 1 is 1.00 bits per heavy atom. The highest BCUT2D eigenvalue weighted by molar-refractivity contribution is 14.0. The molecule has 0 aliphatic heterocycles. The minimum absolute atomic E-state index is 0. The van der Waals surface area contributed by atoms with Crippen LogP contribution in [0.3, 0.4) is 0 Å². The van der Waals surface area contributed by atoms with E-state index in [4.69, 9.17) is 9.47 Å². The maximum atomic E-state index is 5.67. The Morgan fingerprint density at radius 3 is 2.30 bits per heavy atom. The molecule has 0 fully saturated rings. The van der Waals surface area contributed by atoms with Gasteiger partial charge in [0.1, 0.15) is 11.5 Å². The fraction of sp³-hybridized carbons (Fsp3) is 0.381. The number of para-hydroxylation sites is 1.